The average Bonchev–Trinajstić information content (AvgIpc) is 3.68. The van der Waals surface area contributed by atoms with Crippen molar-refractivity contribution in [2.45, 2.75) is 106 Å². The third-order valence-electron chi connectivity index (χ3n) is 9.51. The first-order valence-corrected chi connectivity index (χ1v) is 16.1. The maximum absolute atomic E-state index is 13.1. The molecule has 0 radical (unpaired) electrons. The van der Waals surface area contributed by atoms with Gasteiger partial charge in [0.05, 0.1) is 16.8 Å². The lowest BCUT2D eigenvalue weighted by atomic mass is 9.64. The number of ketones is 1. The summed E-state index contributed by atoms with van der Waals surface area (Å²) in [7, 11) is 0. The van der Waals surface area contributed by atoms with Gasteiger partial charge < -0.3 is 4.52 Å². The van der Waals surface area contributed by atoms with Gasteiger partial charge in [0.15, 0.2) is 22.9 Å². The second kappa shape index (κ2) is 9.29. The molecular weight excluding hydrogens is 599 g/mol. The van der Waals surface area contributed by atoms with E-state index in [4.69, 9.17) is 19.6 Å². The summed E-state index contributed by atoms with van der Waals surface area (Å²) in [5.74, 6) is 1.70. The number of thioether (sulfide) groups is 1. The lowest BCUT2D eigenvalue weighted by Gasteiger charge is -2.36. The van der Waals surface area contributed by atoms with Crippen LogP contribution in [0.5, 0.6) is 0 Å². The van der Waals surface area contributed by atoms with Gasteiger partial charge in [-0.25, -0.2) is 14.6 Å². The number of carbonyl (C=O) groups excluding carboxylic acids is 1. The molecule has 2 aliphatic carbocycles. The molecule has 4 atom stereocenters. The number of aromatic nitrogens is 5. The molecule has 7 rings (SSSR count). The Morgan fingerprint density at radius 3 is 2.81 bits per heavy atom. The van der Waals surface area contributed by atoms with Gasteiger partial charge in [-0.15, -0.1) is 11.8 Å². The molecule has 4 aliphatic rings. The van der Waals surface area contributed by atoms with E-state index in [-0.39, 0.29) is 6.04 Å². The largest absolute Gasteiger partial charge is 0.359 e. The number of hydrogen-bond acceptors (Lipinski definition) is 8. The Labute approximate surface area is 234 Å². The Bertz CT molecular complexity index is 1390. The molecule has 37 heavy (non-hydrogen) atoms. The van der Waals surface area contributed by atoms with Crippen LogP contribution in [0.4, 0.5) is 0 Å². The van der Waals surface area contributed by atoms with Crippen molar-refractivity contribution in [1.82, 2.24) is 29.8 Å². The number of halogens is 1. The van der Waals surface area contributed by atoms with E-state index in [2.05, 4.69) is 50.5 Å². The first-order valence-electron chi connectivity index (χ1n) is 13.8. The van der Waals surface area contributed by atoms with Crippen LogP contribution in [-0.4, -0.2) is 60.5 Å². The quantitative estimate of drug-likeness (QED) is 0.205. The summed E-state index contributed by atoms with van der Waals surface area (Å²) in [5.41, 5.74) is 2.13. The van der Waals surface area contributed by atoms with Crippen molar-refractivity contribution in [2.24, 2.45) is 0 Å². The third kappa shape index (κ3) is 3.67. The standard InChI is InChI=1S/C27H33IN6O2S/c1-15(18-11-10-16-7-6-14-33(16)18)34-25-20(23(28)31-34)26(37-2)30-24(29-25)21-17-8-5-13-27(22(17)36-32-21)12-4-3-9-19(27)35/h15-16,18H,3-14H2,1-2H3/t15-,16?,18-,27+/m0/s1. The van der Waals surface area contributed by atoms with Crippen LogP contribution in [0, 0.1) is 3.70 Å². The first kappa shape index (κ1) is 24.5. The predicted octanol–water partition coefficient (Wildman–Crippen LogP) is 5.71. The van der Waals surface area contributed by atoms with Crippen LogP contribution in [0.15, 0.2) is 9.55 Å². The molecule has 3 aromatic rings. The molecule has 0 bridgehead atoms. The van der Waals surface area contributed by atoms with E-state index in [1.54, 1.807) is 11.8 Å². The number of rotatable bonds is 4. The minimum absolute atomic E-state index is 0.223. The molecule has 10 heteroatoms. The number of fused-ring (bicyclic) bond motifs is 4. The SMILES string of the molecule is CSc1nc(-c2noc3c2CCC[C@@]32CCCCC2=O)nc2c1c(I)nn2[C@@H](C)[C@@H]1CCC2CCCN21. The van der Waals surface area contributed by atoms with E-state index in [0.29, 0.717) is 29.8 Å². The van der Waals surface area contributed by atoms with Crippen LogP contribution in [-0.2, 0) is 16.6 Å². The molecular formula is C27H33IN6O2S. The fourth-order valence-electron chi connectivity index (χ4n) is 7.69. The Hall–Kier alpha value is -1.53. The Kier molecular flexibility index (Phi) is 6.15. The van der Waals surface area contributed by atoms with Gasteiger partial charge in [0.25, 0.3) is 0 Å². The number of nitrogens with zero attached hydrogens (tertiary/aromatic N) is 6. The van der Waals surface area contributed by atoms with Crippen molar-refractivity contribution < 1.29 is 9.32 Å². The fraction of sp³-hybridized carbons (Fsp3) is 0.667. The van der Waals surface area contributed by atoms with E-state index < -0.39 is 5.41 Å². The molecule has 5 heterocycles. The van der Waals surface area contributed by atoms with Crippen LogP contribution >= 0.6 is 34.4 Å². The van der Waals surface area contributed by atoms with Crippen molar-refractivity contribution in [3.63, 3.8) is 0 Å². The Morgan fingerprint density at radius 2 is 1.97 bits per heavy atom. The van der Waals surface area contributed by atoms with Crippen LogP contribution in [0.25, 0.3) is 22.6 Å². The highest BCUT2D eigenvalue weighted by atomic mass is 127. The maximum Gasteiger partial charge on any atom is 0.185 e. The molecule has 1 saturated carbocycles. The second-order valence-electron chi connectivity index (χ2n) is 11.3. The van der Waals surface area contributed by atoms with E-state index in [1.165, 1.54) is 32.2 Å². The van der Waals surface area contributed by atoms with Gasteiger partial charge in [0, 0.05) is 24.1 Å². The molecule has 0 aromatic carbocycles. The van der Waals surface area contributed by atoms with Crippen molar-refractivity contribution >= 4 is 51.2 Å². The molecule has 0 N–H and O–H groups in total. The zero-order chi connectivity index (χ0) is 25.3. The predicted molar refractivity (Wildman–Crippen MR) is 151 cm³/mol. The third-order valence-corrected chi connectivity index (χ3v) is 10.9. The van der Waals surface area contributed by atoms with Gasteiger partial charge in [0.2, 0.25) is 0 Å². The minimum atomic E-state index is -0.496. The second-order valence-corrected chi connectivity index (χ2v) is 13.1. The van der Waals surface area contributed by atoms with Gasteiger partial charge in [-0.1, -0.05) is 11.6 Å². The Balaban J connectivity index is 1.34. The summed E-state index contributed by atoms with van der Waals surface area (Å²) in [6, 6.07) is 1.44. The minimum Gasteiger partial charge on any atom is -0.359 e. The Morgan fingerprint density at radius 1 is 1.11 bits per heavy atom. The lowest BCUT2D eigenvalue weighted by Crippen LogP contribution is -2.41. The highest BCUT2D eigenvalue weighted by Gasteiger charge is 2.48. The zero-order valence-corrected chi connectivity index (χ0v) is 24.5. The van der Waals surface area contributed by atoms with E-state index in [1.807, 2.05) is 0 Å². The van der Waals surface area contributed by atoms with Crippen LogP contribution in [0.2, 0.25) is 0 Å². The molecule has 3 fully saturated rings. The van der Waals surface area contributed by atoms with E-state index in [0.717, 1.165) is 75.7 Å². The molecule has 3 aromatic heterocycles. The van der Waals surface area contributed by atoms with Crippen molar-refractivity contribution in [1.29, 1.82) is 0 Å². The van der Waals surface area contributed by atoms with E-state index in [9.17, 15) is 4.79 Å². The normalized spacial score (nSPS) is 28.8. The summed E-state index contributed by atoms with van der Waals surface area (Å²) in [6.07, 6.45) is 13.4. The van der Waals surface area contributed by atoms with Crippen molar-refractivity contribution in [3.8, 4) is 11.5 Å². The van der Waals surface area contributed by atoms with Gasteiger partial charge >= 0.3 is 0 Å². The topological polar surface area (TPSA) is 89.9 Å². The summed E-state index contributed by atoms with van der Waals surface area (Å²) in [6.45, 7) is 3.49. The van der Waals surface area contributed by atoms with Crippen LogP contribution in [0.1, 0.15) is 88.5 Å². The average molecular weight is 633 g/mol. The number of carbonyl (C=O) groups is 1. The zero-order valence-electron chi connectivity index (χ0n) is 21.5. The summed E-state index contributed by atoms with van der Waals surface area (Å²) >= 11 is 3.96. The summed E-state index contributed by atoms with van der Waals surface area (Å²) in [4.78, 5) is 26.0. The van der Waals surface area contributed by atoms with Gasteiger partial charge in [-0.3, -0.25) is 9.69 Å². The van der Waals surface area contributed by atoms with Crippen LogP contribution < -0.4 is 0 Å². The van der Waals surface area contributed by atoms with E-state index >= 15 is 0 Å². The molecule has 196 valence electrons. The fourth-order valence-corrected chi connectivity index (χ4v) is 9.17. The molecule has 2 aliphatic heterocycles. The number of hydrogen-bond donors (Lipinski definition) is 0. The maximum atomic E-state index is 13.1. The highest BCUT2D eigenvalue weighted by molar-refractivity contribution is 14.1. The highest BCUT2D eigenvalue weighted by Crippen LogP contribution is 2.48. The molecule has 2 saturated heterocycles. The summed E-state index contributed by atoms with van der Waals surface area (Å²) in [5, 5.41) is 11.5. The van der Waals surface area contributed by atoms with Gasteiger partial charge in [0.1, 0.15) is 14.5 Å². The smallest absolute Gasteiger partial charge is 0.185 e. The molecule has 0 amide bonds. The monoisotopic (exact) mass is 632 g/mol. The van der Waals surface area contributed by atoms with Gasteiger partial charge in [-0.2, -0.15) is 5.10 Å². The summed E-state index contributed by atoms with van der Waals surface area (Å²) < 4.78 is 9.10. The van der Waals surface area contributed by atoms with Crippen molar-refractivity contribution in [2.75, 3.05) is 12.8 Å². The van der Waals surface area contributed by atoms with Gasteiger partial charge in [-0.05, 0) is 100 Å². The first-order chi connectivity index (χ1) is 18.0. The van der Waals surface area contributed by atoms with Crippen molar-refractivity contribution in [3.05, 3.63) is 15.0 Å². The molecule has 1 unspecified atom stereocenters. The number of Topliss-reactive ketones (excluding diaryl/α,β-unsaturated/α-hetero) is 1. The molecule has 1 spiro atoms. The van der Waals surface area contributed by atoms with Crippen LogP contribution in [0.3, 0.4) is 0 Å². The lowest BCUT2D eigenvalue weighted by molar-refractivity contribution is -0.128. The molecule has 8 nitrogen and oxygen atoms in total.